The molecule has 3 nitrogen and oxygen atoms in total. The van der Waals surface area contributed by atoms with Crippen molar-refractivity contribution in [2.75, 3.05) is 13.1 Å². The van der Waals surface area contributed by atoms with E-state index in [1.807, 2.05) is 12.3 Å². The zero-order valence-electron chi connectivity index (χ0n) is 14.8. The summed E-state index contributed by atoms with van der Waals surface area (Å²) in [5, 5.41) is 12.3. The van der Waals surface area contributed by atoms with Crippen LogP contribution in [0, 0.1) is 18.8 Å². The minimum absolute atomic E-state index is 0.437. The van der Waals surface area contributed by atoms with Gasteiger partial charge in [-0.15, -0.1) is 0 Å². The van der Waals surface area contributed by atoms with Crippen LogP contribution in [0.3, 0.4) is 0 Å². The number of hydrogen-bond donors (Lipinski definition) is 1. The van der Waals surface area contributed by atoms with Gasteiger partial charge in [0.25, 0.3) is 0 Å². The van der Waals surface area contributed by atoms with Crippen LogP contribution in [0.4, 0.5) is 0 Å². The number of hydrogen-bond acceptors (Lipinski definition) is 3. The van der Waals surface area contributed by atoms with E-state index >= 15 is 0 Å². The van der Waals surface area contributed by atoms with Gasteiger partial charge in [0.15, 0.2) is 0 Å². The van der Waals surface area contributed by atoms with Crippen LogP contribution in [0.5, 0.6) is 0 Å². The molecule has 1 aromatic heterocycles. The van der Waals surface area contributed by atoms with Crippen molar-refractivity contribution in [3.63, 3.8) is 0 Å². The summed E-state index contributed by atoms with van der Waals surface area (Å²) in [6.07, 6.45) is 6.19. The highest BCUT2D eigenvalue weighted by atomic mass is 16.3. The third-order valence-electron chi connectivity index (χ3n) is 6.52. The van der Waals surface area contributed by atoms with E-state index in [-0.39, 0.29) is 0 Å². The van der Waals surface area contributed by atoms with E-state index in [0.29, 0.717) is 11.8 Å². The number of fused-ring (bicyclic) bond motifs is 2. The fraction of sp³-hybridized carbons (Fsp3) is 0.571. The van der Waals surface area contributed by atoms with Crippen molar-refractivity contribution < 1.29 is 5.11 Å². The predicted molar refractivity (Wildman–Crippen MR) is 97.8 cm³/mol. The van der Waals surface area contributed by atoms with E-state index < -0.39 is 5.60 Å². The predicted octanol–water partition coefficient (Wildman–Crippen LogP) is 3.92. The Hall–Kier alpha value is -1.45. The number of nitrogens with zero attached hydrogens (tertiary/aromatic N) is 2. The van der Waals surface area contributed by atoms with E-state index in [1.165, 1.54) is 29.4 Å². The standard InChI is InChI=1S/C21H28N2O/c1-3-21(24)10-4-6-16-12-23(14-19(16)21)13-18-15(2)8-9-20-17(18)7-5-11-22-20/h5,7-9,11,16,19,24H,3-4,6,10,12-14H2,1-2H3/t16-,19+,21-/m1/s1. The molecule has 2 heterocycles. The minimum Gasteiger partial charge on any atom is -0.390 e. The molecular weight excluding hydrogens is 296 g/mol. The van der Waals surface area contributed by atoms with Gasteiger partial charge in [-0.1, -0.05) is 25.5 Å². The van der Waals surface area contributed by atoms with Crippen LogP contribution in [-0.2, 0) is 6.54 Å². The average Bonchev–Trinajstić information content (AvgIpc) is 3.02. The molecule has 4 rings (SSSR count). The van der Waals surface area contributed by atoms with Crippen LogP contribution in [0.2, 0.25) is 0 Å². The summed E-state index contributed by atoms with van der Waals surface area (Å²) in [4.78, 5) is 7.07. The molecule has 3 atom stereocenters. The van der Waals surface area contributed by atoms with Crippen LogP contribution in [-0.4, -0.2) is 33.7 Å². The van der Waals surface area contributed by atoms with E-state index in [4.69, 9.17) is 0 Å². The van der Waals surface area contributed by atoms with Gasteiger partial charge in [-0.2, -0.15) is 0 Å². The summed E-state index contributed by atoms with van der Waals surface area (Å²) < 4.78 is 0. The fourth-order valence-electron chi connectivity index (χ4n) is 5.04. The maximum atomic E-state index is 11.0. The summed E-state index contributed by atoms with van der Waals surface area (Å²) in [6.45, 7) is 7.48. The van der Waals surface area contributed by atoms with Crippen LogP contribution < -0.4 is 0 Å². The number of aryl methyl sites for hydroxylation is 1. The molecule has 2 aromatic rings. The van der Waals surface area contributed by atoms with Crippen LogP contribution in [0.1, 0.15) is 43.7 Å². The number of aromatic nitrogens is 1. The molecule has 1 saturated heterocycles. The van der Waals surface area contributed by atoms with Crippen molar-refractivity contribution in [1.29, 1.82) is 0 Å². The van der Waals surface area contributed by atoms with Gasteiger partial charge >= 0.3 is 0 Å². The van der Waals surface area contributed by atoms with Crippen LogP contribution in [0.15, 0.2) is 30.5 Å². The van der Waals surface area contributed by atoms with Crippen molar-refractivity contribution >= 4 is 10.9 Å². The molecule has 2 fully saturated rings. The lowest BCUT2D eigenvalue weighted by molar-refractivity contribution is -0.0613. The topological polar surface area (TPSA) is 36.4 Å². The molecule has 1 aliphatic heterocycles. The van der Waals surface area contributed by atoms with E-state index in [2.05, 4.69) is 41.9 Å². The first-order valence-corrected chi connectivity index (χ1v) is 9.38. The Labute approximate surface area is 144 Å². The van der Waals surface area contributed by atoms with Gasteiger partial charge in [0.1, 0.15) is 0 Å². The van der Waals surface area contributed by atoms with E-state index in [0.717, 1.165) is 38.0 Å². The fourth-order valence-corrected chi connectivity index (χ4v) is 5.04. The van der Waals surface area contributed by atoms with Crippen molar-refractivity contribution in [3.05, 3.63) is 41.6 Å². The molecule has 0 amide bonds. The lowest BCUT2D eigenvalue weighted by Crippen LogP contribution is -2.44. The smallest absolute Gasteiger partial charge is 0.0705 e. The Balaban J connectivity index is 1.60. The molecule has 0 unspecified atom stereocenters. The highest BCUT2D eigenvalue weighted by molar-refractivity contribution is 5.83. The molecule has 0 spiro atoms. The van der Waals surface area contributed by atoms with Gasteiger partial charge in [0, 0.05) is 37.1 Å². The molecule has 3 heteroatoms. The highest BCUT2D eigenvalue weighted by Crippen LogP contribution is 2.44. The van der Waals surface area contributed by atoms with Gasteiger partial charge in [0.2, 0.25) is 0 Å². The van der Waals surface area contributed by atoms with Gasteiger partial charge in [-0.25, -0.2) is 0 Å². The summed E-state index contributed by atoms with van der Waals surface area (Å²) in [5.74, 6) is 1.11. The lowest BCUT2D eigenvalue weighted by atomic mass is 9.69. The van der Waals surface area contributed by atoms with Gasteiger partial charge in [-0.3, -0.25) is 9.88 Å². The second-order valence-corrected chi connectivity index (χ2v) is 7.84. The second-order valence-electron chi connectivity index (χ2n) is 7.84. The van der Waals surface area contributed by atoms with Crippen molar-refractivity contribution in [2.45, 2.75) is 51.7 Å². The van der Waals surface area contributed by atoms with Crippen molar-refractivity contribution in [3.8, 4) is 0 Å². The average molecular weight is 324 g/mol. The number of rotatable bonds is 3. The highest BCUT2D eigenvalue weighted by Gasteiger charge is 2.47. The molecule has 1 aliphatic carbocycles. The SMILES string of the molecule is CC[C@@]1(O)CCC[C@@H]2CN(Cc3c(C)ccc4ncccc34)C[C@@H]21. The first-order valence-electron chi connectivity index (χ1n) is 9.38. The summed E-state index contributed by atoms with van der Waals surface area (Å²) in [7, 11) is 0. The maximum Gasteiger partial charge on any atom is 0.0705 e. The zero-order chi connectivity index (χ0) is 16.7. The minimum atomic E-state index is -0.437. The third-order valence-corrected chi connectivity index (χ3v) is 6.52. The van der Waals surface area contributed by atoms with Gasteiger partial charge < -0.3 is 5.11 Å². The largest absolute Gasteiger partial charge is 0.390 e. The van der Waals surface area contributed by atoms with Crippen molar-refractivity contribution in [1.82, 2.24) is 9.88 Å². The van der Waals surface area contributed by atoms with Crippen LogP contribution >= 0.6 is 0 Å². The number of aliphatic hydroxyl groups is 1. The number of benzene rings is 1. The summed E-state index contributed by atoms with van der Waals surface area (Å²) >= 11 is 0. The summed E-state index contributed by atoms with van der Waals surface area (Å²) in [5.41, 5.74) is 3.39. The summed E-state index contributed by atoms with van der Waals surface area (Å²) in [6, 6.07) is 8.53. The van der Waals surface area contributed by atoms with E-state index in [1.54, 1.807) is 0 Å². The number of likely N-dealkylation sites (tertiary alicyclic amines) is 1. The maximum absolute atomic E-state index is 11.0. The quantitative estimate of drug-likeness (QED) is 0.930. The third kappa shape index (κ3) is 2.64. The first-order chi connectivity index (χ1) is 11.6. The molecule has 128 valence electrons. The van der Waals surface area contributed by atoms with E-state index in [9.17, 15) is 5.11 Å². The monoisotopic (exact) mass is 324 g/mol. The normalized spacial score (nSPS) is 30.6. The Morgan fingerprint density at radius 1 is 1.29 bits per heavy atom. The Morgan fingerprint density at radius 2 is 2.17 bits per heavy atom. The van der Waals surface area contributed by atoms with Crippen molar-refractivity contribution in [2.24, 2.45) is 11.8 Å². The van der Waals surface area contributed by atoms with Gasteiger partial charge in [-0.05, 0) is 55.4 Å². The second kappa shape index (κ2) is 6.12. The Kier molecular flexibility index (Phi) is 4.09. The number of pyridine rings is 1. The zero-order valence-corrected chi connectivity index (χ0v) is 14.8. The Morgan fingerprint density at radius 3 is 3.00 bits per heavy atom. The molecule has 2 aliphatic rings. The Bertz CT molecular complexity index is 744. The van der Waals surface area contributed by atoms with Gasteiger partial charge in [0.05, 0.1) is 11.1 Å². The van der Waals surface area contributed by atoms with Crippen LogP contribution in [0.25, 0.3) is 10.9 Å². The molecule has 24 heavy (non-hydrogen) atoms. The molecule has 1 aromatic carbocycles. The molecule has 0 radical (unpaired) electrons. The first kappa shape index (κ1) is 16.0. The lowest BCUT2D eigenvalue weighted by Gasteiger charge is -2.40. The molecule has 1 N–H and O–H groups in total. The molecular formula is C21H28N2O. The molecule has 1 saturated carbocycles. The molecule has 0 bridgehead atoms.